The molecule has 0 fully saturated rings. The Kier molecular flexibility index (Phi) is 5.66. The van der Waals surface area contributed by atoms with Crippen LogP contribution in [0.5, 0.6) is 17.2 Å². The number of rotatable bonds is 7. The quantitative estimate of drug-likeness (QED) is 0.411. The smallest absolute Gasteiger partial charge is 0.255 e. The fourth-order valence-electron chi connectivity index (χ4n) is 3.50. The maximum absolute atomic E-state index is 12.8. The number of carbonyl (C=O) groups excluding carboxylic acids is 1. The summed E-state index contributed by atoms with van der Waals surface area (Å²) in [5, 5.41) is 10.6. The first-order valence-corrected chi connectivity index (χ1v) is 9.83. The molecule has 4 N–H and O–H groups in total. The Morgan fingerprint density at radius 3 is 2.67 bits per heavy atom. The number of para-hydroxylation sites is 2. The second-order valence-corrected chi connectivity index (χ2v) is 7.13. The van der Waals surface area contributed by atoms with Crippen LogP contribution in [0, 0.1) is 5.41 Å². The monoisotopic (exact) mass is 401 g/mol. The number of nitrogens with one attached hydrogen (secondary N) is 2. The third-order valence-electron chi connectivity index (χ3n) is 5.08. The van der Waals surface area contributed by atoms with E-state index in [1.807, 2.05) is 54.6 Å². The Balaban J connectivity index is 1.39. The van der Waals surface area contributed by atoms with Gasteiger partial charge in [-0.2, -0.15) is 0 Å². The number of hydrogen-bond donors (Lipinski definition) is 3. The van der Waals surface area contributed by atoms with E-state index >= 15 is 0 Å². The molecular formula is C24H23N3O3. The highest BCUT2D eigenvalue weighted by Crippen LogP contribution is 2.36. The molecule has 0 saturated carbocycles. The molecule has 0 bridgehead atoms. The normalized spacial score (nSPS) is 14.5. The average molecular weight is 401 g/mol. The number of nitrogens with two attached hydrogens (primary N) is 1. The van der Waals surface area contributed by atoms with Gasteiger partial charge in [-0.1, -0.05) is 30.3 Å². The average Bonchev–Trinajstić information content (AvgIpc) is 3.17. The van der Waals surface area contributed by atoms with E-state index < -0.39 is 0 Å². The predicted octanol–water partition coefficient (Wildman–Crippen LogP) is 4.06. The van der Waals surface area contributed by atoms with Crippen molar-refractivity contribution in [3.8, 4) is 17.2 Å². The van der Waals surface area contributed by atoms with Gasteiger partial charge in [-0.3, -0.25) is 10.2 Å². The summed E-state index contributed by atoms with van der Waals surface area (Å²) in [5.74, 6) is 2.01. The molecule has 4 rings (SSSR count). The van der Waals surface area contributed by atoms with Crippen LogP contribution in [-0.2, 0) is 0 Å². The molecule has 3 aromatic rings. The van der Waals surface area contributed by atoms with E-state index in [1.54, 1.807) is 18.2 Å². The van der Waals surface area contributed by atoms with E-state index in [0.717, 1.165) is 17.7 Å². The summed E-state index contributed by atoms with van der Waals surface area (Å²) < 4.78 is 11.6. The lowest BCUT2D eigenvalue weighted by molar-refractivity contribution is 0.0949. The summed E-state index contributed by atoms with van der Waals surface area (Å²) in [4.78, 5) is 12.8. The number of benzene rings is 3. The van der Waals surface area contributed by atoms with Crippen LogP contribution < -0.4 is 20.5 Å². The molecule has 1 aliphatic rings. The van der Waals surface area contributed by atoms with Crippen molar-refractivity contribution >= 4 is 11.7 Å². The Morgan fingerprint density at radius 2 is 1.87 bits per heavy atom. The summed E-state index contributed by atoms with van der Waals surface area (Å²) in [6.45, 7) is 1.05. The van der Waals surface area contributed by atoms with Gasteiger partial charge in [0.15, 0.2) is 0 Å². The SMILES string of the molecule is N=C(N)c1ccc2c(c1)C(CCNC(=O)c1ccccc1Oc1ccccc1)CO2. The number of nitrogen functional groups attached to an aromatic ring is 1. The highest BCUT2D eigenvalue weighted by molar-refractivity contribution is 5.97. The summed E-state index contributed by atoms with van der Waals surface area (Å²) in [6.07, 6.45) is 0.724. The van der Waals surface area contributed by atoms with Gasteiger partial charge in [-0.25, -0.2) is 0 Å². The van der Waals surface area contributed by atoms with Crippen molar-refractivity contribution in [1.82, 2.24) is 5.32 Å². The van der Waals surface area contributed by atoms with Gasteiger partial charge in [0, 0.05) is 23.6 Å². The zero-order chi connectivity index (χ0) is 20.9. The summed E-state index contributed by atoms with van der Waals surface area (Å²) in [7, 11) is 0. The fourth-order valence-corrected chi connectivity index (χ4v) is 3.50. The third-order valence-corrected chi connectivity index (χ3v) is 5.08. The molecular weight excluding hydrogens is 378 g/mol. The first-order chi connectivity index (χ1) is 14.6. The lowest BCUT2D eigenvalue weighted by Crippen LogP contribution is -2.26. The van der Waals surface area contributed by atoms with Crippen LogP contribution in [-0.4, -0.2) is 24.9 Å². The molecule has 1 aliphatic heterocycles. The van der Waals surface area contributed by atoms with Crippen LogP contribution in [0.2, 0.25) is 0 Å². The van der Waals surface area contributed by atoms with Gasteiger partial charge in [0.05, 0.1) is 12.2 Å². The summed E-state index contributed by atoms with van der Waals surface area (Å²) in [6, 6.07) is 22.1. The lowest BCUT2D eigenvalue weighted by atomic mass is 9.96. The number of amides is 1. The van der Waals surface area contributed by atoms with Crippen molar-refractivity contribution in [1.29, 1.82) is 5.41 Å². The van der Waals surface area contributed by atoms with Crippen molar-refractivity contribution in [2.45, 2.75) is 12.3 Å². The van der Waals surface area contributed by atoms with Crippen LogP contribution in [0.4, 0.5) is 0 Å². The van der Waals surface area contributed by atoms with Gasteiger partial charge >= 0.3 is 0 Å². The van der Waals surface area contributed by atoms with Crippen molar-refractivity contribution in [3.05, 3.63) is 89.5 Å². The van der Waals surface area contributed by atoms with E-state index in [9.17, 15) is 4.79 Å². The number of amidine groups is 1. The van der Waals surface area contributed by atoms with E-state index in [2.05, 4.69) is 5.32 Å². The number of hydrogen-bond acceptors (Lipinski definition) is 4. The molecule has 1 amide bonds. The second kappa shape index (κ2) is 8.69. The van der Waals surface area contributed by atoms with E-state index in [-0.39, 0.29) is 17.7 Å². The largest absolute Gasteiger partial charge is 0.493 e. The van der Waals surface area contributed by atoms with Crippen molar-refractivity contribution in [3.63, 3.8) is 0 Å². The van der Waals surface area contributed by atoms with Crippen LogP contribution in [0.15, 0.2) is 72.8 Å². The fraction of sp³-hybridized carbons (Fsp3) is 0.167. The molecule has 30 heavy (non-hydrogen) atoms. The number of ether oxygens (including phenoxy) is 2. The molecule has 1 unspecified atom stereocenters. The Hall–Kier alpha value is -3.80. The minimum atomic E-state index is -0.182. The molecule has 0 saturated heterocycles. The molecule has 3 aromatic carbocycles. The predicted molar refractivity (Wildman–Crippen MR) is 116 cm³/mol. The van der Waals surface area contributed by atoms with Crippen molar-refractivity contribution < 1.29 is 14.3 Å². The Morgan fingerprint density at radius 1 is 1.10 bits per heavy atom. The van der Waals surface area contributed by atoms with Crippen molar-refractivity contribution in [2.24, 2.45) is 5.73 Å². The van der Waals surface area contributed by atoms with Gasteiger partial charge in [0.1, 0.15) is 23.1 Å². The van der Waals surface area contributed by atoms with Gasteiger partial charge in [-0.15, -0.1) is 0 Å². The summed E-state index contributed by atoms with van der Waals surface area (Å²) in [5.41, 5.74) is 7.80. The number of fused-ring (bicyclic) bond motifs is 1. The molecule has 0 aliphatic carbocycles. The van der Waals surface area contributed by atoms with Crippen LogP contribution >= 0.6 is 0 Å². The van der Waals surface area contributed by atoms with Gasteiger partial charge in [-0.05, 0) is 48.9 Å². The van der Waals surface area contributed by atoms with E-state index in [0.29, 0.717) is 35.8 Å². The second-order valence-electron chi connectivity index (χ2n) is 7.13. The van der Waals surface area contributed by atoms with E-state index in [4.69, 9.17) is 20.6 Å². The molecule has 1 heterocycles. The highest BCUT2D eigenvalue weighted by Gasteiger charge is 2.25. The van der Waals surface area contributed by atoms with Crippen LogP contribution in [0.3, 0.4) is 0 Å². The Bertz CT molecular complexity index is 1070. The first-order valence-electron chi connectivity index (χ1n) is 9.83. The van der Waals surface area contributed by atoms with E-state index in [1.165, 1.54) is 0 Å². The molecule has 152 valence electrons. The van der Waals surface area contributed by atoms with Gasteiger partial charge in [0.2, 0.25) is 0 Å². The summed E-state index contributed by atoms with van der Waals surface area (Å²) >= 11 is 0. The molecule has 6 heteroatoms. The number of carbonyl (C=O) groups is 1. The minimum absolute atomic E-state index is 0.0341. The minimum Gasteiger partial charge on any atom is -0.493 e. The van der Waals surface area contributed by atoms with Gasteiger partial charge in [0.25, 0.3) is 5.91 Å². The van der Waals surface area contributed by atoms with Crippen LogP contribution in [0.25, 0.3) is 0 Å². The maximum atomic E-state index is 12.8. The molecule has 6 nitrogen and oxygen atoms in total. The molecule has 0 spiro atoms. The zero-order valence-corrected chi connectivity index (χ0v) is 16.4. The molecule has 0 aromatic heterocycles. The van der Waals surface area contributed by atoms with Crippen molar-refractivity contribution in [2.75, 3.05) is 13.2 Å². The third kappa shape index (κ3) is 4.27. The van der Waals surface area contributed by atoms with Crippen LogP contribution in [0.1, 0.15) is 33.8 Å². The highest BCUT2D eigenvalue weighted by atomic mass is 16.5. The maximum Gasteiger partial charge on any atom is 0.255 e. The molecule has 0 radical (unpaired) electrons. The molecule has 1 atom stereocenters. The first kappa shape index (κ1) is 19.5. The lowest BCUT2D eigenvalue weighted by Gasteiger charge is -2.13. The Labute approximate surface area is 175 Å². The standard InChI is InChI=1S/C24H23N3O3/c25-23(26)16-10-11-21-20(14-16)17(15-29-21)12-13-27-24(28)19-8-4-5-9-22(19)30-18-6-2-1-3-7-18/h1-11,14,17H,12-13,15H2,(H3,25,26)(H,27,28). The van der Waals surface area contributed by atoms with Gasteiger partial charge < -0.3 is 20.5 Å². The topological polar surface area (TPSA) is 97.4 Å². The zero-order valence-electron chi connectivity index (χ0n) is 16.4.